The van der Waals surface area contributed by atoms with Crippen molar-refractivity contribution in [1.29, 1.82) is 0 Å². The molecular formula is C26H32N2O6. The first-order valence-corrected chi connectivity index (χ1v) is 11.5. The van der Waals surface area contributed by atoms with Crippen LogP contribution in [0.15, 0.2) is 48.5 Å². The number of para-hydroxylation sites is 1. The zero-order chi connectivity index (χ0) is 24.5. The number of likely N-dealkylation sites (tertiary alicyclic amines) is 1. The normalized spacial score (nSPS) is 17.8. The molecule has 1 aliphatic rings. The third-order valence-corrected chi connectivity index (χ3v) is 5.88. The summed E-state index contributed by atoms with van der Waals surface area (Å²) >= 11 is 0. The summed E-state index contributed by atoms with van der Waals surface area (Å²) in [5, 5.41) is 0. The molecule has 3 rings (SSSR count). The molecule has 0 bridgehead atoms. The van der Waals surface area contributed by atoms with E-state index < -0.39 is 17.9 Å². The molecule has 1 saturated heterocycles. The Kier molecular flexibility index (Phi) is 8.90. The van der Waals surface area contributed by atoms with Gasteiger partial charge in [-0.1, -0.05) is 43.7 Å². The number of unbranched alkanes of at least 4 members (excludes halogenated alkanes) is 1. The lowest BCUT2D eigenvalue weighted by Gasteiger charge is -2.41. The predicted octanol–water partition coefficient (Wildman–Crippen LogP) is 3.38. The molecule has 2 unspecified atom stereocenters. The van der Waals surface area contributed by atoms with Crippen molar-refractivity contribution in [2.24, 2.45) is 11.7 Å². The van der Waals surface area contributed by atoms with Gasteiger partial charge in [-0.2, -0.15) is 0 Å². The molecule has 8 heteroatoms. The number of benzene rings is 2. The van der Waals surface area contributed by atoms with Crippen LogP contribution in [-0.2, 0) is 25.7 Å². The molecule has 0 radical (unpaired) electrons. The highest BCUT2D eigenvalue weighted by atomic mass is 16.5. The Balaban J connectivity index is 1.80. The number of ether oxygens (including phenoxy) is 3. The summed E-state index contributed by atoms with van der Waals surface area (Å²) < 4.78 is 16.6. The van der Waals surface area contributed by atoms with Gasteiger partial charge in [-0.25, -0.2) is 0 Å². The van der Waals surface area contributed by atoms with Gasteiger partial charge >= 0.3 is 5.97 Å². The van der Waals surface area contributed by atoms with E-state index in [1.807, 2.05) is 24.3 Å². The molecule has 0 saturated carbocycles. The SMILES string of the molecule is CCCCN1C(=O)CCC(C(=O)OCc2cccc(OCC(N)=O)c2)C1c1ccccc1OC. The molecular weight excluding hydrogens is 436 g/mol. The lowest BCUT2D eigenvalue weighted by molar-refractivity contribution is -0.158. The predicted molar refractivity (Wildman–Crippen MR) is 126 cm³/mol. The Morgan fingerprint density at radius 3 is 2.68 bits per heavy atom. The van der Waals surface area contributed by atoms with Gasteiger partial charge in [0.15, 0.2) is 6.61 Å². The van der Waals surface area contributed by atoms with Crippen LogP contribution >= 0.6 is 0 Å². The Hall–Kier alpha value is -3.55. The summed E-state index contributed by atoms with van der Waals surface area (Å²) in [6, 6.07) is 14.0. The number of hydrogen-bond acceptors (Lipinski definition) is 6. The average molecular weight is 469 g/mol. The van der Waals surface area contributed by atoms with Crippen LogP contribution in [-0.4, -0.2) is 42.9 Å². The largest absolute Gasteiger partial charge is 0.496 e. The summed E-state index contributed by atoms with van der Waals surface area (Å²) in [7, 11) is 1.58. The monoisotopic (exact) mass is 468 g/mol. The van der Waals surface area contributed by atoms with Crippen molar-refractivity contribution in [3.63, 3.8) is 0 Å². The molecule has 2 atom stereocenters. The van der Waals surface area contributed by atoms with E-state index >= 15 is 0 Å². The van der Waals surface area contributed by atoms with E-state index in [0.717, 1.165) is 24.0 Å². The summed E-state index contributed by atoms with van der Waals surface area (Å²) in [6.45, 7) is 2.46. The minimum atomic E-state index is -0.571. The molecule has 2 amide bonds. The highest BCUT2D eigenvalue weighted by molar-refractivity contribution is 5.82. The van der Waals surface area contributed by atoms with Crippen LogP contribution in [0.25, 0.3) is 0 Å². The quantitative estimate of drug-likeness (QED) is 0.507. The third kappa shape index (κ3) is 6.27. The van der Waals surface area contributed by atoms with E-state index in [1.54, 1.807) is 36.3 Å². The van der Waals surface area contributed by atoms with Gasteiger partial charge < -0.3 is 24.8 Å². The molecule has 182 valence electrons. The van der Waals surface area contributed by atoms with Crippen LogP contribution in [0.5, 0.6) is 11.5 Å². The van der Waals surface area contributed by atoms with E-state index in [1.165, 1.54) is 0 Å². The van der Waals surface area contributed by atoms with E-state index in [-0.39, 0.29) is 25.1 Å². The van der Waals surface area contributed by atoms with Gasteiger partial charge in [-0.05, 0) is 36.6 Å². The molecule has 1 fully saturated rings. The van der Waals surface area contributed by atoms with Gasteiger partial charge in [0.05, 0.1) is 19.1 Å². The standard InChI is InChI=1S/C26H32N2O6/c1-3-4-14-28-24(30)13-12-21(25(28)20-10-5-6-11-22(20)32-2)26(31)34-16-18-8-7-9-19(15-18)33-17-23(27)29/h5-11,15,21,25H,3-4,12-14,16-17H2,1-2H3,(H2,27,29). The number of piperidine rings is 1. The number of methoxy groups -OCH3 is 1. The molecule has 8 nitrogen and oxygen atoms in total. The topological polar surface area (TPSA) is 108 Å². The molecule has 0 spiro atoms. The van der Waals surface area contributed by atoms with E-state index in [4.69, 9.17) is 19.9 Å². The Labute approximate surface area is 200 Å². The molecule has 1 heterocycles. The summed E-state index contributed by atoms with van der Waals surface area (Å²) in [5.74, 6) is -0.311. The smallest absolute Gasteiger partial charge is 0.311 e. The molecule has 1 aliphatic heterocycles. The number of esters is 1. The van der Waals surface area contributed by atoms with Gasteiger partial charge in [-0.3, -0.25) is 14.4 Å². The van der Waals surface area contributed by atoms with E-state index in [0.29, 0.717) is 30.9 Å². The van der Waals surface area contributed by atoms with Gasteiger partial charge in [0.2, 0.25) is 5.91 Å². The van der Waals surface area contributed by atoms with Gasteiger partial charge in [0.25, 0.3) is 5.91 Å². The number of primary amides is 1. The van der Waals surface area contributed by atoms with Crippen molar-refractivity contribution in [2.75, 3.05) is 20.3 Å². The molecule has 2 aromatic rings. The second-order valence-electron chi connectivity index (χ2n) is 8.28. The van der Waals surface area contributed by atoms with Crippen LogP contribution in [0.1, 0.15) is 49.8 Å². The maximum Gasteiger partial charge on any atom is 0.311 e. The average Bonchev–Trinajstić information content (AvgIpc) is 2.85. The van der Waals surface area contributed by atoms with Gasteiger partial charge in [-0.15, -0.1) is 0 Å². The van der Waals surface area contributed by atoms with Crippen molar-refractivity contribution in [2.45, 2.75) is 45.3 Å². The van der Waals surface area contributed by atoms with Crippen LogP contribution in [0, 0.1) is 5.92 Å². The molecule has 34 heavy (non-hydrogen) atoms. The minimum absolute atomic E-state index is 0.0349. The number of hydrogen-bond donors (Lipinski definition) is 1. The number of nitrogens with two attached hydrogens (primary N) is 1. The third-order valence-electron chi connectivity index (χ3n) is 5.88. The van der Waals surface area contributed by atoms with Gasteiger partial charge in [0, 0.05) is 18.5 Å². The maximum absolute atomic E-state index is 13.3. The van der Waals surface area contributed by atoms with Crippen molar-refractivity contribution >= 4 is 17.8 Å². The fourth-order valence-electron chi connectivity index (χ4n) is 4.23. The fraction of sp³-hybridized carbons (Fsp3) is 0.423. The number of amides is 2. The fourth-order valence-corrected chi connectivity index (χ4v) is 4.23. The number of nitrogens with zero attached hydrogens (tertiary/aromatic N) is 1. The highest BCUT2D eigenvalue weighted by Crippen LogP contribution is 2.41. The Bertz CT molecular complexity index is 1010. The Morgan fingerprint density at radius 1 is 1.15 bits per heavy atom. The van der Waals surface area contributed by atoms with Crippen molar-refractivity contribution in [1.82, 2.24) is 4.90 Å². The lowest BCUT2D eigenvalue weighted by Crippen LogP contribution is -2.46. The van der Waals surface area contributed by atoms with Gasteiger partial charge in [0.1, 0.15) is 18.1 Å². The molecule has 0 aliphatic carbocycles. The van der Waals surface area contributed by atoms with Crippen molar-refractivity contribution in [3.05, 3.63) is 59.7 Å². The zero-order valence-corrected chi connectivity index (χ0v) is 19.7. The van der Waals surface area contributed by atoms with Crippen molar-refractivity contribution in [3.8, 4) is 11.5 Å². The van der Waals surface area contributed by atoms with E-state index in [9.17, 15) is 14.4 Å². The zero-order valence-electron chi connectivity index (χ0n) is 19.7. The first kappa shape index (κ1) is 25.1. The minimum Gasteiger partial charge on any atom is -0.496 e. The summed E-state index contributed by atoms with van der Waals surface area (Å²) in [5.41, 5.74) is 6.65. The molecule has 2 aromatic carbocycles. The van der Waals surface area contributed by atoms with Crippen LogP contribution in [0.4, 0.5) is 0 Å². The van der Waals surface area contributed by atoms with Crippen molar-refractivity contribution < 1.29 is 28.6 Å². The first-order chi connectivity index (χ1) is 16.4. The lowest BCUT2D eigenvalue weighted by atomic mass is 9.83. The first-order valence-electron chi connectivity index (χ1n) is 11.5. The van der Waals surface area contributed by atoms with Crippen LogP contribution in [0.3, 0.4) is 0 Å². The highest BCUT2D eigenvalue weighted by Gasteiger charge is 2.42. The number of rotatable bonds is 11. The summed E-state index contributed by atoms with van der Waals surface area (Å²) in [4.78, 5) is 38.9. The molecule has 0 aromatic heterocycles. The number of carbonyl (C=O) groups excluding carboxylic acids is 3. The second kappa shape index (κ2) is 12.1. The second-order valence-corrected chi connectivity index (χ2v) is 8.28. The summed E-state index contributed by atoms with van der Waals surface area (Å²) in [6.07, 6.45) is 2.49. The molecule has 2 N–H and O–H groups in total. The van der Waals surface area contributed by atoms with Crippen LogP contribution < -0.4 is 15.2 Å². The maximum atomic E-state index is 13.3. The number of carbonyl (C=O) groups is 3. The van der Waals surface area contributed by atoms with Crippen LogP contribution in [0.2, 0.25) is 0 Å². The van der Waals surface area contributed by atoms with E-state index in [2.05, 4.69) is 6.92 Å². The Morgan fingerprint density at radius 2 is 1.94 bits per heavy atom.